The van der Waals surface area contributed by atoms with Crippen LogP contribution in [0.25, 0.3) is 0 Å². The van der Waals surface area contributed by atoms with Gasteiger partial charge in [0.05, 0.1) is 5.54 Å². The Morgan fingerprint density at radius 3 is 2.37 bits per heavy atom. The predicted octanol–water partition coefficient (Wildman–Crippen LogP) is 1.77. The maximum absolute atomic E-state index is 12.2. The standard InChI is InChI=1S/C13H16BrNO4/c14-8-13(1-3-19-4-2-13)15-12(18)9-5-10(16)7-11(17)6-9/h5-7,16-17H,1-4,8H2,(H,15,18). The van der Waals surface area contributed by atoms with Crippen molar-refractivity contribution in [3.63, 3.8) is 0 Å². The lowest BCUT2D eigenvalue weighted by atomic mass is 9.92. The number of rotatable bonds is 3. The third kappa shape index (κ3) is 3.39. The van der Waals surface area contributed by atoms with Crippen molar-refractivity contribution in [1.29, 1.82) is 0 Å². The van der Waals surface area contributed by atoms with Gasteiger partial charge in [-0.15, -0.1) is 0 Å². The number of carbonyl (C=O) groups is 1. The molecule has 0 atom stereocenters. The van der Waals surface area contributed by atoms with E-state index in [0.29, 0.717) is 18.5 Å². The van der Waals surface area contributed by atoms with Crippen molar-refractivity contribution in [1.82, 2.24) is 5.32 Å². The summed E-state index contributed by atoms with van der Waals surface area (Å²) in [7, 11) is 0. The molecule has 3 N–H and O–H groups in total. The zero-order chi connectivity index (χ0) is 13.9. The molecule has 0 radical (unpaired) electrons. The van der Waals surface area contributed by atoms with Crippen LogP contribution in [0.1, 0.15) is 23.2 Å². The number of hydrogen-bond donors (Lipinski definition) is 3. The molecule has 1 aromatic rings. The number of ether oxygens (including phenoxy) is 1. The first-order valence-corrected chi connectivity index (χ1v) is 7.16. The number of aromatic hydroxyl groups is 2. The minimum absolute atomic E-state index is 0.134. The average Bonchev–Trinajstić information content (AvgIpc) is 2.38. The summed E-state index contributed by atoms with van der Waals surface area (Å²) in [5, 5.41) is 22.4. The molecule has 0 saturated carbocycles. The van der Waals surface area contributed by atoms with E-state index in [2.05, 4.69) is 21.2 Å². The lowest BCUT2D eigenvalue weighted by Crippen LogP contribution is -2.53. The lowest BCUT2D eigenvalue weighted by molar-refractivity contribution is 0.0441. The molecule has 2 rings (SSSR count). The molecule has 19 heavy (non-hydrogen) atoms. The van der Waals surface area contributed by atoms with Gasteiger partial charge in [-0.2, -0.15) is 0 Å². The van der Waals surface area contributed by atoms with Crippen LogP contribution in [0.5, 0.6) is 11.5 Å². The summed E-state index contributed by atoms with van der Waals surface area (Å²) in [5.74, 6) is -0.581. The van der Waals surface area contributed by atoms with E-state index < -0.39 is 0 Å². The smallest absolute Gasteiger partial charge is 0.252 e. The molecule has 104 valence electrons. The van der Waals surface area contributed by atoms with Gasteiger partial charge >= 0.3 is 0 Å². The Morgan fingerprint density at radius 1 is 1.26 bits per heavy atom. The van der Waals surface area contributed by atoms with Gasteiger partial charge in [-0.1, -0.05) is 15.9 Å². The minimum Gasteiger partial charge on any atom is -0.508 e. The Kier molecular flexibility index (Phi) is 4.31. The van der Waals surface area contributed by atoms with Crippen LogP contribution >= 0.6 is 15.9 Å². The van der Waals surface area contributed by atoms with E-state index in [0.717, 1.165) is 12.8 Å². The Labute approximate surface area is 119 Å². The Balaban J connectivity index is 2.15. The molecule has 0 aliphatic carbocycles. The van der Waals surface area contributed by atoms with E-state index in [9.17, 15) is 15.0 Å². The number of phenols is 2. The highest BCUT2D eigenvalue weighted by Crippen LogP contribution is 2.25. The average molecular weight is 330 g/mol. The van der Waals surface area contributed by atoms with Gasteiger partial charge in [0.1, 0.15) is 11.5 Å². The van der Waals surface area contributed by atoms with Gasteiger partial charge in [0.25, 0.3) is 5.91 Å². The van der Waals surface area contributed by atoms with Crippen molar-refractivity contribution >= 4 is 21.8 Å². The number of alkyl halides is 1. The highest BCUT2D eigenvalue weighted by atomic mass is 79.9. The molecule has 6 heteroatoms. The molecule has 1 aliphatic rings. The number of phenolic OH excluding ortho intramolecular Hbond substituents is 2. The third-order valence-electron chi connectivity index (χ3n) is 3.25. The molecule has 0 bridgehead atoms. The van der Waals surface area contributed by atoms with Crippen molar-refractivity contribution in [3.8, 4) is 11.5 Å². The first-order valence-electron chi connectivity index (χ1n) is 6.04. The number of benzene rings is 1. The highest BCUT2D eigenvalue weighted by Gasteiger charge is 2.33. The van der Waals surface area contributed by atoms with Gasteiger partial charge in [0, 0.05) is 30.2 Å². The van der Waals surface area contributed by atoms with Gasteiger partial charge in [0.2, 0.25) is 0 Å². The van der Waals surface area contributed by atoms with Crippen molar-refractivity contribution in [2.45, 2.75) is 18.4 Å². The van der Waals surface area contributed by atoms with E-state index >= 15 is 0 Å². The van der Waals surface area contributed by atoms with E-state index in [4.69, 9.17) is 4.74 Å². The monoisotopic (exact) mass is 329 g/mol. The topological polar surface area (TPSA) is 78.8 Å². The quantitative estimate of drug-likeness (QED) is 0.738. The fraction of sp³-hybridized carbons (Fsp3) is 0.462. The molecule has 1 aromatic carbocycles. The normalized spacial score (nSPS) is 17.9. The highest BCUT2D eigenvalue weighted by molar-refractivity contribution is 9.09. The number of halogens is 1. The maximum atomic E-state index is 12.2. The molecule has 1 saturated heterocycles. The lowest BCUT2D eigenvalue weighted by Gasteiger charge is -2.36. The first kappa shape index (κ1) is 14.1. The summed E-state index contributed by atoms with van der Waals surface area (Å²) in [4.78, 5) is 12.2. The molecule has 5 nitrogen and oxygen atoms in total. The van der Waals surface area contributed by atoms with E-state index in [1.807, 2.05) is 0 Å². The Bertz CT molecular complexity index is 451. The molecular weight excluding hydrogens is 314 g/mol. The number of carbonyl (C=O) groups excluding carboxylic acids is 1. The molecule has 0 unspecified atom stereocenters. The van der Waals surface area contributed by atoms with Crippen molar-refractivity contribution < 1.29 is 19.7 Å². The molecule has 1 fully saturated rings. The van der Waals surface area contributed by atoms with E-state index in [1.54, 1.807) is 0 Å². The number of nitrogens with one attached hydrogen (secondary N) is 1. The Morgan fingerprint density at radius 2 is 1.84 bits per heavy atom. The summed E-state index contributed by atoms with van der Waals surface area (Å²) in [5.41, 5.74) is -0.0968. The number of amides is 1. The molecule has 0 spiro atoms. The van der Waals surface area contributed by atoms with Crippen LogP contribution in [0.2, 0.25) is 0 Å². The molecule has 0 aromatic heterocycles. The molecule has 1 amide bonds. The zero-order valence-electron chi connectivity index (χ0n) is 10.4. The van der Waals surface area contributed by atoms with Crippen LogP contribution in [-0.4, -0.2) is 40.2 Å². The summed E-state index contributed by atoms with van der Waals surface area (Å²) in [6.45, 7) is 1.22. The largest absolute Gasteiger partial charge is 0.508 e. The van der Waals surface area contributed by atoms with Crippen molar-refractivity contribution in [3.05, 3.63) is 23.8 Å². The van der Waals surface area contributed by atoms with Crippen LogP contribution in [0, 0.1) is 0 Å². The van der Waals surface area contributed by atoms with Crippen LogP contribution < -0.4 is 5.32 Å². The summed E-state index contributed by atoms with van der Waals surface area (Å²) < 4.78 is 5.30. The minimum atomic E-state index is -0.337. The van der Waals surface area contributed by atoms with Gasteiger partial charge in [-0.05, 0) is 25.0 Å². The van der Waals surface area contributed by atoms with Crippen molar-refractivity contribution in [2.75, 3.05) is 18.5 Å². The van der Waals surface area contributed by atoms with Crippen LogP contribution in [0.4, 0.5) is 0 Å². The third-order valence-corrected chi connectivity index (χ3v) is 4.32. The van der Waals surface area contributed by atoms with Gasteiger partial charge < -0.3 is 20.3 Å². The molecule has 1 heterocycles. The van der Waals surface area contributed by atoms with E-state index in [-0.39, 0.29) is 28.5 Å². The summed E-state index contributed by atoms with van der Waals surface area (Å²) in [6.07, 6.45) is 1.46. The second-order valence-corrected chi connectivity index (χ2v) is 5.28. The van der Waals surface area contributed by atoms with Crippen LogP contribution in [0.15, 0.2) is 18.2 Å². The Hall–Kier alpha value is -1.27. The predicted molar refractivity (Wildman–Crippen MR) is 73.8 cm³/mol. The molecular formula is C13H16BrNO4. The molecule has 1 aliphatic heterocycles. The van der Waals surface area contributed by atoms with Crippen molar-refractivity contribution in [2.24, 2.45) is 0 Å². The summed E-state index contributed by atoms with van der Waals surface area (Å²) in [6, 6.07) is 3.85. The van der Waals surface area contributed by atoms with Crippen LogP contribution in [-0.2, 0) is 4.74 Å². The van der Waals surface area contributed by atoms with E-state index in [1.165, 1.54) is 18.2 Å². The fourth-order valence-electron chi connectivity index (χ4n) is 2.09. The van der Waals surface area contributed by atoms with Gasteiger partial charge in [-0.25, -0.2) is 0 Å². The zero-order valence-corrected chi connectivity index (χ0v) is 11.9. The second kappa shape index (κ2) is 5.79. The maximum Gasteiger partial charge on any atom is 0.252 e. The van der Waals surface area contributed by atoms with Crippen LogP contribution in [0.3, 0.4) is 0 Å². The number of hydrogen-bond acceptors (Lipinski definition) is 4. The first-order chi connectivity index (χ1) is 9.04. The fourth-order valence-corrected chi connectivity index (χ4v) is 2.79. The van der Waals surface area contributed by atoms with Gasteiger partial charge in [0.15, 0.2) is 0 Å². The second-order valence-electron chi connectivity index (χ2n) is 4.72. The summed E-state index contributed by atoms with van der Waals surface area (Å²) >= 11 is 3.43. The SMILES string of the molecule is O=C(NC1(CBr)CCOCC1)c1cc(O)cc(O)c1. The van der Waals surface area contributed by atoms with Gasteiger partial charge in [-0.3, -0.25) is 4.79 Å².